The van der Waals surface area contributed by atoms with Crippen molar-refractivity contribution in [2.75, 3.05) is 18.0 Å². The Morgan fingerprint density at radius 3 is 2.73 bits per heavy atom. The van der Waals surface area contributed by atoms with Crippen LogP contribution in [0.4, 0.5) is 5.69 Å². The van der Waals surface area contributed by atoms with E-state index in [-0.39, 0.29) is 5.75 Å². The highest BCUT2D eigenvalue weighted by atomic mass is 32.2. The zero-order chi connectivity index (χ0) is 10.7. The third kappa shape index (κ3) is 2.79. The summed E-state index contributed by atoms with van der Waals surface area (Å²) >= 11 is -1.99. The summed E-state index contributed by atoms with van der Waals surface area (Å²) in [5.74, 6) is 0.113. The van der Waals surface area contributed by atoms with Crippen molar-refractivity contribution in [1.82, 2.24) is 0 Å². The molecule has 0 spiro atoms. The van der Waals surface area contributed by atoms with Crippen LogP contribution in [0.3, 0.4) is 0 Å². The largest absolute Gasteiger partial charge is 0.772 e. The first-order valence-corrected chi connectivity index (χ1v) is 6.40. The molecular formula is C11H14NO2S-. The molecule has 0 aliphatic carbocycles. The smallest absolute Gasteiger partial charge is 0.0369 e. The maximum Gasteiger partial charge on any atom is 0.0369 e. The molecule has 0 saturated carbocycles. The first-order valence-electron chi connectivity index (χ1n) is 5.15. The number of rotatable bonds is 3. The van der Waals surface area contributed by atoms with Crippen molar-refractivity contribution in [3.05, 3.63) is 29.8 Å². The van der Waals surface area contributed by atoms with E-state index in [9.17, 15) is 8.76 Å². The molecule has 2 rings (SSSR count). The van der Waals surface area contributed by atoms with E-state index >= 15 is 0 Å². The van der Waals surface area contributed by atoms with Crippen molar-refractivity contribution in [2.45, 2.75) is 18.6 Å². The molecule has 1 unspecified atom stereocenters. The molecule has 1 aromatic rings. The van der Waals surface area contributed by atoms with Crippen molar-refractivity contribution in [3.8, 4) is 0 Å². The molecule has 0 radical (unpaired) electrons. The van der Waals surface area contributed by atoms with Crippen LogP contribution in [0.5, 0.6) is 0 Å². The number of nitrogens with zero attached hydrogens (tertiary/aromatic N) is 1. The third-order valence-electron chi connectivity index (χ3n) is 2.67. The molecule has 1 aromatic carbocycles. The van der Waals surface area contributed by atoms with Gasteiger partial charge in [0.2, 0.25) is 0 Å². The standard InChI is InChI=1S/C11H15NO2S/c13-15(14)9-10-4-3-5-11(8-10)12-6-1-2-7-12/h3-5,8H,1-2,6-7,9H2,(H,13,14)/p-1. The van der Waals surface area contributed by atoms with Crippen molar-refractivity contribution in [3.63, 3.8) is 0 Å². The number of benzene rings is 1. The van der Waals surface area contributed by atoms with Gasteiger partial charge in [0, 0.05) is 24.5 Å². The van der Waals surface area contributed by atoms with Crippen molar-refractivity contribution < 1.29 is 8.76 Å². The van der Waals surface area contributed by atoms with Crippen LogP contribution in [0.15, 0.2) is 24.3 Å². The van der Waals surface area contributed by atoms with Crippen LogP contribution in [0.25, 0.3) is 0 Å². The maximum atomic E-state index is 10.6. The number of anilines is 1. The molecule has 1 heterocycles. The molecular weight excluding hydrogens is 210 g/mol. The molecule has 0 aromatic heterocycles. The molecule has 1 aliphatic rings. The Balaban J connectivity index is 2.14. The summed E-state index contributed by atoms with van der Waals surface area (Å²) in [6, 6.07) is 7.80. The van der Waals surface area contributed by atoms with Crippen molar-refractivity contribution in [1.29, 1.82) is 0 Å². The van der Waals surface area contributed by atoms with Gasteiger partial charge in [-0.05, 0) is 30.5 Å². The van der Waals surface area contributed by atoms with Gasteiger partial charge in [-0.3, -0.25) is 4.21 Å². The van der Waals surface area contributed by atoms with Crippen molar-refractivity contribution >= 4 is 16.8 Å². The van der Waals surface area contributed by atoms with Crippen LogP contribution in [0.2, 0.25) is 0 Å². The van der Waals surface area contributed by atoms with Gasteiger partial charge in [-0.15, -0.1) is 0 Å². The summed E-state index contributed by atoms with van der Waals surface area (Å²) in [6.45, 7) is 2.17. The average Bonchev–Trinajstić information content (AvgIpc) is 2.69. The van der Waals surface area contributed by atoms with Crippen LogP contribution in [0.1, 0.15) is 18.4 Å². The summed E-state index contributed by atoms with van der Waals surface area (Å²) in [5.41, 5.74) is 2.02. The van der Waals surface area contributed by atoms with Gasteiger partial charge in [0.15, 0.2) is 0 Å². The Bertz CT molecular complexity index is 361. The molecule has 3 nitrogen and oxygen atoms in total. The second kappa shape index (κ2) is 4.77. The monoisotopic (exact) mass is 224 g/mol. The Morgan fingerprint density at radius 2 is 2.07 bits per heavy atom. The zero-order valence-electron chi connectivity index (χ0n) is 8.52. The lowest BCUT2D eigenvalue weighted by atomic mass is 10.2. The minimum Gasteiger partial charge on any atom is -0.772 e. The maximum absolute atomic E-state index is 10.6. The van der Waals surface area contributed by atoms with Gasteiger partial charge in [0.25, 0.3) is 0 Å². The van der Waals surface area contributed by atoms with E-state index in [0.29, 0.717) is 0 Å². The van der Waals surface area contributed by atoms with Gasteiger partial charge in [-0.1, -0.05) is 23.2 Å². The summed E-state index contributed by atoms with van der Waals surface area (Å²) in [6.07, 6.45) is 2.47. The Morgan fingerprint density at radius 1 is 1.33 bits per heavy atom. The Kier molecular flexibility index (Phi) is 3.38. The molecule has 1 aliphatic heterocycles. The highest BCUT2D eigenvalue weighted by Gasteiger charge is 2.11. The molecule has 4 heteroatoms. The summed E-state index contributed by atoms with van der Waals surface area (Å²) in [5, 5.41) is 0. The molecule has 1 saturated heterocycles. The molecule has 15 heavy (non-hydrogen) atoms. The molecule has 0 amide bonds. The molecule has 0 N–H and O–H groups in total. The predicted molar refractivity (Wildman–Crippen MR) is 60.5 cm³/mol. The Hall–Kier alpha value is -0.870. The Labute approximate surface area is 92.4 Å². The third-order valence-corrected chi connectivity index (χ3v) is 3.24. The van der Waals surface area contributed by atoms with Gasteiger partial charge in [0.05, 0.1) is 0 Å². The van der Waals surface area contributed by atoms with Crippen LogP contribution in [-0.2, 0) is 16.8 Å². The van der Waals surface area contributed by atoms with Gasteiger partial charge in [-0.2, -0.15) is 0 Å². The zero-order valence-corrected chi connectivity index (χ0v) is 9.33. The van der Waals surface area contributed by atoms with E-state index < -0.39 is 11.1 Å². The van der Waals surface area contributed by atoms with Gasteiger partial charge >= 0.3 is 0 Å². The summed E-state index contributed by atoms with van der Waals surface area (Å²) in [4.78, 5) is 2.30. The minimum atomic E-state index is -1.99. The van der Waals surface area contributed by atoms with Crippen LogP contribution >= 0.6 is 0 Å². The number of hydrogen-bond acceptors (Lipinski definition) is 3. The lowest BCUT2D eigenvalue weighted by molar-refractivity contribution is 0.536. The fraction of sp³-hybridized carbons (Fsp3) is 0.455. The fourth-order valence-corrected chi connectivity index (χ4v) is 2.41. The van der Waals surface area contributed by atoms with E-state index in [1.807, 2.05) is 24.3 Å². The quantitative estimate of drug-likeness (QED) is 0.733. The second-order valence-corrected chi connectivity index (χ2v) is 4.71. The normalized spacial score (nSPS) is 18.1. The van der Waals surface area contributed by atoms with Crippen LogP contribution < -0.4 is 4.90 Å². The summed E-state index contributed by atoms with van der Waals surface area (Å²) in [7, 11) is 0. The molecule has 1 fully saturated rings. The lowest BCUT2D eigenvalue weighted by Gasteiger charge is -2.18. The highest BCUT2D eigenvalue weighted by molar-refractivity contribution is 7.78. The number of hydrogen-bond donors (Lipinski definition) is 0. The highest BCUT2D eigenvalue weighted by Crippen LogP contribution is 2.21. The van der Waals surface area contributed by atoms with Gasteiger partial charge < -0.3 is 9.45 Å². The SMILES string of the molecule is O=S([O-])Cc1cccc(N2CCCC2)c1. The van der Waals surface area contributed by atoms with Crippen molar-refractivity contribution in [2.24, 2.45) is 0 Å². The first kappa shape index (κ1) is 10.6. The lowest BCUT2D eigenvalue weighted by Crippen LogP contribution is -2.17. The van der Waals surface area contributed by atoms with E-state index in [1.54, 1.807) is 0 Å². The molecule has 0 bridgehead atoms. The molecule has 1 atom stereocenters. The summed E-state index contributed by atoms with van der Waals surface area (Å²) < 4.78 is 21.2. The fourth-order valence-electron chi connectivity index (χ4n) is 1.95. The van der Waals surface area contributed by atoms with Gasteiger partial charge in [0.1, 0.15) is 0 Å². The van der Waals surface area contributed by atoms with Gasteiger partial charge in [-0.25, -0.2) is 0 Å². The van der Waals surface area contributed by atoms with E-state index in [0.717, 1.165) is 24.3 Å². The van der Waals surface area contributed by atoms with E-state index in [2.05, 4.69) is 4.90 Å². The minimum absolute atomic E-state index is 0.113. The second-order valence-electron chi connectivity index (χ2n) is 3.81. The first-order chi connectivity index (χ1) is 7.25. The van der Waals surface area contributed by atoms with Crippen LogP contribution in [0, 0.1) is 0 Å². The van der Waals surface area contributed by atoms with Crippen LogP contribution in [-0.4, -0.2) is 21.9 Å². The molecule has 82 valence electrons. The topological polar surface area (TPSA) is 43.4 Å². The average molecular weight is 224 g/mol. The van der Waals surface area contributed by atoms with E-state index in [1.165, 1.54) is 12.8 Å². The van der Waals surface area contributed by atoms with E-state index in [4.69, 9.17) is 0 Å². The predicted octanol–water partition coefficient (Wildman–Crippen LogP) is 1.67.